The Labute approximate surface area is 107 Å². The number of methoxy groups -OCH3 is 1. The van der Waals surface area contributed by atoms with Gasteiger partial charge in [-0.05, 0) is 24.6 Å². The Balaban J connectivity index is 2.58. The molecule has 1 atom stereocenters. The molecular weight excluding hydrogens is 232 g/mol. The molecule has 5 nitrogen and oxygen atoms in total. The summed E-state index contributed by atoms with van der Waals surface area (Å²) in [5, 5.41) is 2.74. The van der Waals surface area contributed by atoms with E-state index in [1.165, 1.54) is 7.11 Å². The number of rotatable bonds is 7. The number of ether oxygens (including phenoxy) is 2. The van der Waals surface area contributed by atoms with Gasteiger partial charge in [-0.2, -0.15) is 0 Å². The molecule has 0 fully saturated rings. The summed E-state index contributed by atoms with van der Waals surface area (Å²) in [7, 11) is 1.51. The SMILES string of the molecule is CCOCc1cccc(NC(=O)C(N)COC)c1. The smallest absolute Gasteiger partial charge is 0.243 e. The van der Waals surface area contributed by atoms with Crippen LogP contribution in [0.1, 0.15) is 12.5 Å². The highest BCUT2D eigenvalue weighted by Gasteiger charge is 2.12. The third-order valence-corrected chi connectivity index (χ3v) is 2.35. The summed E-state index contributed by atoms with van der Waals surface area (Å²) in [4.78, 5) is 11.7. The Morgan fingerprint density at radius 2 is 2.28 bits per heavy atom. The molecule has 18 heavy (non-hydrogen) atoms. The van der Waals surface area contributed by atoms with Gasteiger partial charge in [-0.3, -0.25) is 4.79 Å². The lowest BCUT2D eigenvalue weighted by Gasteiger charge is -2.12. The van der Waals surface area contributed by atoms with Gasteiger partial charge in [0.15, 0.2) is 0 Å². The minimum absolute atomic E-state index is 0.199. The van der Waals surface area contributed by atoms with E-state index >= 15 is 0 Å². The van der Waals surface area contributed by atoms with E-state index in [1.807, 2.05) is 31.2 Å². The Kier molecular flexibility index (Phi) is 6.35. The van der Waals surface area contributed by atoms with E-state index in [0.717, 1.165) is 5.56 Å². The third-order valence-electron chi connectivity index (χ3n) is 2.35. The van der Waals surface area contributed by atoms with Crippen LogP contribution in [-0.2, 0) is 20.9 Å². The molecule has 0 saturated carbocycles. The molecular formula is C13H20N2O3. The Hall–Kier alpha value is -1.43. The topological polar surface area (TPSA) is 73.6 Å². The molecule has 1 rings (SSSR count). The van der Waals surface area contributed by atoms with Gasteiger partial charge in [-0.25, -0.2) is 0 Å². The molecule has 0 saturated heterocycles. The lowest BCUT2D eigenvalue weighted by Crippen LogP contribution is -2.39. The fraction of sp³-hybridized carbons (Fsp3) is 0.462. The van der Waals surface area contributed by atoms with Crippen LogP contribution < -0.4 is 11.1 Å². The molecule has 1 amide bonds. The normalized spacial score (nSPS) is 12.2. The van der Waals surface area contributed by atoms with Gasteiger partial charge in [-0.1, -0.05) is 12.1 Å². The summed E-state index contributed by atoms with van der Waals surface area (Å²) in [6.07, 6.45) is 0. The maximum Gasteiger partial charge on any atom is 0.243 e. The van der Waals surface area contributed by atoms with E-state index in [1.54, 1.807) is 0 Å². The highest BCUT2D eigenvalue weighted by Crippen LogP contribution is 2.11. The molecule has 0 radical (unpaired) electrons. The standard InChI is InChI=1S/C13H20N2O3/c1-3-18-8-10-5-4-6-11(7-10)15-13(16)12(14)9-17-2/h4-7,12H,3,8-9,14H2,1-2H3,(H,15,16). The molecule has 0 spiro atoms. The van der Waals surface area contributed by atoms with Crippen molar-refractivity contribution in [3.8, 4) is 0 Å². The first kappa shape index (κ1) is 14.6. The van der Waals surface area contributed by atoms with Crippen LogP contribution in [0.3, 0.4) is 0 Å². The zero-order valence-corrected chi connectivity index (χ0v) is 10.8. The molecule has 1 aromatic rings. The van der Waals surface area contributed by atoms with Crippen LogP contribution in [0.5, 0.6) is 0 Å². The van der Waals surface area contributed by atoms with Crippen molar-refractivity contribution in [1.82, 2.24) is 0 Å². The molecule has 1 aromatic carbocycles. The number of hydrogen-bond acceptors (Lipinski definition) is 4. The highest BCUT2D eigenvalue weighted by atomic mass is 16.5. The first-order valence-electron chi connectivity index (χ1n) is 5.89. The van der Waals surface area contributed by atoms with E-state index in [2.05, 4.69) is 5.32 Å². The Morgan fingerprint density at radius 3 is 2.94 bits per heavy atom. The lowest BCUT2D eigenvalue weighted by atomic mass is 10.2. The molecule has 3 N–H and O–H groups in total. The summed E-state index contributed by atoms with van der Waals surface area (Å²) in [6.45, 7) is 3.33. The number of nitrogens with one attached hydrogen (secondary N) is 1. The van der Waals surface area contributed by atoms with Gasteiger partial charge < -0.3 is 20.5 Å². The predicted octanol–water partition coefficient (Wildman–Crippen LogP) is 1.14. The monoisotopic (exact) mass is 252 g/mol. The maximum absolute atomic E-state index is 11.7. The van der Waals surface area contributed by atoms with Crippen molar-refractivity contribution < 1.29 is 14.3 Å². The van der Waals surface area contributed by atoms with Crippen molar-refractivity contribution in [2.45, 2.75) is 19.6 Å². The van der Waals surface area contributed by atoms with E-state index in [9.17, 15) is 4.79 Å². The van der Waals surface area contributed by atoms with Crippen LogP contribution in [0.4, 0.5) is 5.69 Å². The minimum atomic E-state index is -0.662. The molecule has 5 heteroatoms. The van der Waals surface area contributed by atoms with Crippen molar-refractivity contribution in [2.24, 2.45) is 5.73 Å². The van der Waals surface area contributed by atoms with Crippen LogP contribution in [0.2, 0.25) is 0 Å². The second-order valence-corrected chi connectivity index (χ2v) is 3.89. The molecule has 0 aliphatic rings. The number of benzene rings is 1. The van der Waals surface area contributed by atoms with Gasteiger partial charge in [0.1, 0.15) is 6.04 Å². The number of nitrogens with two attached hydrogens (primary N) is 1. The van der Waals surface area contributed by atoms with E-state index in [0.29, 0.717) is 18.9 Å². The summed E-state index contributed by atoms with van der Waals surface area (Å²) in [5.41, 5.74) is 7.35. The maximum atomic E-state index is 11.7. The molecule has 0 aliphatic heterocycles. The van der Waals surface area contributed by atoms with Crippen molar-refractivity contribution in [2.75, 3.05) is 25.6 Å². The third kappa shape index (κ3) is 4.83. The van der Waals surface area contributed by atoms with Gasteiger partial charge in [0.25, 0.3) is 0 Å². The van der Waals surface area contributed by atoms with Crippen molar-refractivity contribution >= 4 is 11.6 Å². The number of carbonyl (C=O) groups excluding carboxylic acids is 1. The van der Waals surface area contributed by atoms with E-state index in [4.69, 9.17) is 15.2 Å². The number of carbonyl (C=O) groups is 1. The average molecular weight is 252 g/mol. The largest absolute Gasteiger partial charge is 0.383 e. The number of anilines is 1. The molecule has 0 bridgehead atoms. The summed E-state index contributed by atoms with van der Waals surface area (Å²) in [6, 6.07) is 6.83. The first-order valence-corrected chi connectivity index (χ1v) is 5.89. The zero-order valence-electron chi connectivity index (χ0n) is 10.8. The molecule has 100 valence electrons. The Bertz CT molecular complexity index is 382. The minimum Gasteiger partial charge on any atom is -0.383 e. The quantitative estimate of drug-likeness (QED) is 0.763. The van der Waals surface area contributed by atoms with E-state index < -0.39 is 6.04 Å². The number of amides is 1. The van der Waals surface area contributed by atoms with Gasteiger partial charge in [0.05, 0.1) is 13.2 Å². The lowest BCUT2D eigenvalue weighted by molar-refractivity contribution is -0.118. The van der Waals surface area contributed by atoms with Crippen LogP contribution >= 0.6 is 0 Å². The van der Waals surface area contributed by atoms with E-state index in [-0.39, 0.29) is 12.5 Å². The number of hydrogen-bond donors (Lipinski definition) is 2. The highest BCUT2D eigenvalue weighted by molar-refractivity contribution is 5.94. The van der Waals surface area contributed by atoms with Crippen LogP contribution in [0.25, 0.3) is 0 Å². The van der Waals surface area contributed by atoms with Crippen LogP contribution in [0.15, 0.2) is 24.3 Å². The second-order valence-electron chi connectivity index (χ2n) is 3.89. The zero-order chi connectivity index (χ0) is 13.4. The first-order chi connectivity index (χ1) is 8.67. The average Bonchev–Trinajstić information content (AvgIpc) is 2.37. The van der Waals surface area contributed by atoms with Crippen LogP contribution in [0, 0.1) is 0 Å². The van der Waals surface area contributed by atoms with Crippen molar-refractivity contribution in [1.29, 1.82) is 0 Å². The van der Waals surface area contributed by atoms with Gasteiger partial charge >= 0.3 is 0 Å². The van der Waals surface area contributed by atoms with Gasteiger partial charge in [0.2, 0.25) is 5.91 Å². The van der Waals surface area contributed by atoms with Crippen LogP contribution in [-0.4, -0.2) is 32.3 Å². The fourth-order valence-electron chi connectivity index (χ4n) is 1.45. The molecule has 0 aromatic heterocycles. The van der Waals surface area contributed by atoms with Crippen molar-refractivity contribution in [3.63, 3.8) is 0 Å². The molecule has 1 unspecified atom stereocenters. The van der Waals surface area contributed by atoms with Gasteiger partial charge in [0, 0.05) is 19.4 Å². The Morgan fingerprint density at radius 1 is 1.50 bits per heavy atom. The summed E-state index contributed by atoms with van der Waals surface area (Å²) in [5.74, 6) is -0.259. The second kappa shape index (κ2) is 7.81. The van der Waals surface area contributed by atoms with Gasteiger partial charge in [-0.15, -0.1) is 0 Å². The van der Waals surface area contributed by atoms with Crippen molar-refractivity contribution in [3.05, 3.63) is 29.8 Å². The predicted molar refractivity (Wildman–Crippen MR) is 70.3 cm³/mol. The summed E-state index contributed by atoms with van der Waals surface area (Å²) < 4.78 is 10.1. The summed E-state index contributed by atoms with van der Waals surface area (Å²) >= 11 is 0. The molecule has 0 heterocycles. The fourth-order valence-corrected chi connectivity index (χ4v) is 1.45. The molecule has 0 aliphatic carbocycles.